The molecule has 1 amide bonds. The van der Waals surface area contributed by atoms with Crippen LogP contribution in [0.4, 0.5) is 11.6 Å². The number of hydrogen-bond donors (Lipinski definition) is 1. The quantitative estimate of drug-likeness (QED) is 0.927. The summed E-state index contributed by atoms with van der Waals surface area (Å²) < 4.78 is 0. The molecule has 1 aromatic carbocycles. The maximum atomic E-state index is 12.3. The lowest BCUT2D eigenvalue weighted by molar-refractivity contribution is -0.129. The highest BCUT2D eigenvalue weighted by Gasteiger charge is 2.22. The molecule has 1 aromatic heterocycles. The third kappa shape index (κ3) is 4.10. The van der Waals surface area contributed by atoms with Crippen LogP contribution in [0.5, 0.6) is 0 Å². The van der Waals surface area contributed by atoms with Crippen molar-refractivity contribution >= 4 is 29.1 Å². The molecule has 0 aliphatic carbocycles. The number of carbonyl (C=O) groups is 1. The van der Waals surface area contributed by atoms with E-state index in [0.717, 1.165) is 24.7 Å². The van der Waals surface area contributed by atoms with Gasteiger partial charge in [-0.15, -0.1) is 0 Å². The van der Waals surface area contributed by atoms with E-state index in [4.69, 9.17) is 11.6 Å². The third-order valence-electron chi connectivity index (χ3n) is 3.76. The number of nitrogens with zero attached hydrogens (tertiary/aromatic N) is 4. The van der Waals surface area contributed by atoms with E-state index in [1.54, 1.807) is 30.6 Å². The maximum absolute atomic E-state index is 12.3. The number of carbonyl (C=O) groups excluding carboxylic acids is 1. The number of rotatable bonds is 4. The van der Waals surface area contributed by atoms with Crippen molar-refractivity contribution in [2.45, 2.75) is 0 Å². The second-order valence-electron chi connectivity index (χ2n) is 5.28. The summed E-state index contributed by atoms with van der Waals surface area (Å²) in [5, 5.41) is 3.81. The highest BCUT2D eigenvalue weighted by molar-refractivity contribution is 6.30. The Balaban J connectivity index is 1.47. The van der Waals surface area contributed by atoms with Crippen molar-refractivity contribution < 1.29 is 4.79 Å². The third-order valence-corrected chi connectivity index (χ3v) is 4.01. The van der Waals surface area contributed by atoms with Crippen LogP contribution in [0.15, 0.2) is 42.7 Å². The van der Waals surface area contributed by atoms with Gasteiger partial charge in [-0.05, 0) is 30.3 Å². The minimum Gasteiger partial charge on any atom is -0.376 e. The summed E-state index contributed by atoms with van der Waals surface area (Å²) in [6.45, 7) is 3.13. The van der Waals surface area contributed by atoms with Crippen molar-refractivity contribution in [3.63, 3.8) is 0 Å². The lowest BCUT2D eigenvalue weighted by Gasteiger charge is -2.34. The highest BCUT2D eigenvalue weighted by Crippen LogP contribution is 2.14. The van der Waals surface area contributed by atoms with Crippen LogP contribution in [-0.4, -0.2) is 53.5 Å². The number of nitrogens with one attached hydrogen (secondary N) is 1. The molecule has 23 heavy (non-hydrogen) atoms. The number of anilines is 2. The SMILES string of the molecule is O=C(CNc1ccc(Cl)cc1)N1CCN(c2ncccn2)CC1. The smallest absolute Gasteiger partial charge is 0.241 e. The van der Waals surface area contributed by atoms with Gasteiger partial charge in [-0.2, -0.15) is 0 Å². The molecule has 7 heteroatoms. The van der Waals surface area contributed by atoms with Crippen molar-refractivity contribution in [1.29, 1.82) is 0 Å². The number of aromatic nitrogens is 2. The zero-order valence-corrected chi connectivity index (χ0v) is 13.4. The number of piperazine rings is 1. The number of benzene rings is 1. The van der Waals surface area contributed by atoms with Gasteiger partial charge in [0.25, 0.3) is 0 Å². The Bertz CT molecular complexity index is 641. The van der Waals surface area contributed by atoms with E-state index in [-0.39, 0.29) is 12.5 Å². The zero-order valence-electron chi connectivity index (χ0n) is 12.7. The van der Waals surface area contributed by atoms with Crippen molar-refractivity contribution in [3.8, 4) is 0 Å². The molecule has 3 rings (SSSR count). The van der Waals surface area contributed by atoms with E-state index in [1.807, 2.05) is 17.0 Å². The summed E-state index contributed by atoms with van der Waals surface area (Å²) >= 11 is 5.84. The van der Waals surface area contributed by atoms with Crippen molar-refractivity contribution in [3.05, 3.63) is 47.7 Å². The standard InChI is InChI=1S/C16H18ClN5O/c17-13-2-4-14(5-3-13)20-12-15(23)21-8-10-22(11-9-21)16-18-6-1-7-19-16/h1-7,20H,8-12H2. The van der Waals surface area contributed by atoms with E-state index in [2.05, 4.69) is 20.2 Å². The van der Waals surface area contributed by atoms with E-state index in [9.17, 15) is 4.79 Å². The fraction of sp³-hybridized carbons (Fsp3) is 0.312. The van der Waals surface area contributed by atoms with E-state index < -0.39 is 0 Å². The van der Waals surface area contributed by atoms with Gasteiger partial charge in [0.15, 0.2) is 0 Å². The Kier molecular flexibility index (Phi) is 4.92. The average molecular weight is 332 g/mol. The average Bonchev–Trinajstić information content (AvgIpc) is 2.62. The van der Waals surface area contributed by atoms with Gasteiger partial charge in [0.2, 0.25) is 11.9 Å². The van der Waals surface area contributed by atoms with Crippen LogP contribution in [0.2, 0.25) is 5.02 Å². The predicted octanol–water partition coefficient (Wildman–Crippen LogP) is 1.89. The molecule has 1 fully saturated rings. The molecule has 0 unspecified atom stereocenters. The molecule has 6 nitrogen and oxygen atoms in total. The van der Waals surface area contributed by atoms with Crippen LogP contribution in [0.1, 0.15) is 0 Å². The minimum absolute atomic E-state index is 0.0913. The number of halogens is 1. The number of amides is 1. The summed E-state index contributed by atoms with van der Waals surface area (Å²) in [7, 11) is 0. The first-order chi connectivity index (χ1) is 11.2. The van der Waals surface area contributed by atoms with Gasteiger partial charge in [0, 0.05) is 49.3 Å². The van der Waals surface area contributed by atoms with Gasteiger partial charge < -0.3 is 15.1 Å². The van der Waals surface area contributed by atoms with Gasteiger partial charge in [-0.1, -0.05) is 11.6 Å². The summed E-state index contributed by atoms with van der Waals surface area (Å²) in [5.74, 6) is 0.812. The molecule has 1 N–H and O–H groups in total. The Hall–Kier alpha value is -2.34. The molecule has 120 valence electrons. The van der Waals surface area contributed by atoms with Crippen molar-refractivity contribution in [2.75, 3.05) is 42.9 Å². The Labute approximate surface area is 140 Å². The van der Waals surface area contributed by atoms with Crippen LogP contribution >= 0.6 is 11.6 Å². The van der Waals surface area contributed by atoms with Gasteiger partial charge in [0.1, 0.15) is 0 Å². The summed E-state index contributed by atoms with van der Waals surface area (Å²) in [5.41, 5.74) is 0.888. The Morgan fingerprint density at radius 2 is 1.74 bits per heavy atom. The monoisotopic (exact) mass is 331 g/mol. The Morgan fingerprint density at radius 3 is 2.39 bits per heavy atom. The molecule has 0 spiro atoms. The predicted molar refractivity (Wildman–Crippen MR) is 90.8 cm³/mol. The van der Waals surface area contributed by atoms with Gasteiger partial charge in [0.05, 0.1) is 6.54 Å². The fourth-order valence-electron chi connectivity index (χ4n) is 2.47. The second-order valence-corrected chi connectivity index (χ2v) is 5.71. The molecule has 2 aromatic rings. The zero-order chi connectivity index (χ0) is 16.1. The maximum Gasteiger partial charge on any atom is 0.241 e. The Morgan fingerprint density at radius 1 is 1.09 bits per heavy atom. The highest BCUT2D eigenvalue weighted by atomic mass is 35.5. The molecule has 1 aliphatic heterocycles. The van der Waals surface area contributed by atoms with Gasteiger partial charge in [-0.3, -0.25) is 4.79 Å². The first-order valence-electron chi connectivity index (χ1n) is 7.51. The van der Waals surface area contributed by atoms with Crippen LogP contribution in [0.25, 0.3) is 0 Å². The molecule has 0 radical (unpaired) electrons. The molecule has 0 atom stereocenters. The molecular formula is C16H18ClN5O. The van der Waals surface area contributed by atoms with E-state index in [1.165, 1.54) is 0 Å². The van der Waals surface area contributed by atoms with Crippen molar-refractivity contribution in [1.82, 2.24) is 14.9 Å². The first kappa shape index (κ1) is 15.6. The first-order valence-corrected chi connectivity index (χ1v) is 7.89. The largest absolute Gasteiger partial charge is 0.376 e. The van der Waals surface area contributed by atoms with Crippen LogP contribution in [0, 0.1) is 0 Å². The normalized spacial score (nSPS) is 14.7. The number of hydrogen-bond acceptors (Lipinski definition) is 5. The van der Waals surface area contributed by atoms with E-state index >= 15 is 0 Å². The topological polar surface area (TPSA) is 61.4 Å². The van der Waals surface area contributed by atoms with Crippen molar-refractivity contribution in [2.24, 2.45) is 0 Å². The summed E-state index contributed by atoms with van der Waals surface area (Å²) in [6, 6.07) is 9.12. The fourth-order valence-corrected chi connectivity index (χ4v) is 2.59. The van der Waals surface area contributed by atoms with Crippen LogP contribution < -0.4 is 10.2 Å². The van der Waals surface area contributed by atoms with Gasteiger partial charge in [-0.25, -0.2) is 9.97 Å². The van der Waals surface area contributed by atoms with Gasteiger partial charge >= 0.3 is 0 Å². The van der Waals surface area contributed by atoms with Crippen LogP contribution in [0.3, 0.4) is 0 Å². The van der Waals surface area contributed by atoms with Crippen LogP contribution in [-0.2, 0) is 4.79 Å². The summed E-state index contributed by atoms with van der Waals surface area (Å²) in [6.07, 6.45) is 3.46. The molecule has 1 saturated heterocycles. The molecule has 0 saturated carbocycles. The minimum atomic E-state index is 0.0913. The molecular weight excluding hydrogens is 314 g/mol. The second kappa shape index (κ2) is 7.28. The lowest BCUT2D eigenvalue weighted by atomic mass is 10.3. The van der Waals surface area contributed by atoms with E-state index in [0.29, 0.717) is 18.1 Å². The molecule has 2 heterocycles. The molecule has 1 aliphatic rings. The summed E-state index contributed by atoms with van der Waals surface area (Å²) in [4.78, 5) is 24.7. The molecule has 0 bridgehead atoms. The lowest BCUT2D eigenvalue weighted by Crippen LogP contribution is -2.50.